The molecule has 0 radical (unpaired) electrons. The molecule has 4 bridgehead atoms. The molecule has 6 rings (SSSR count). The fourth-order valence-corrected chi connectivity index (χ4v) is 7.41. The van der Waals surface area contributed by atoms with Crippen molar-refractivity contribution in [2.24, 2.45) is 34.6 Å². The van der Waals surface area contributed by atoms with Crippen molar-refractivity contribution >= 4 is 21.8 Å². The van der Waals surface area contributed by atoms with Crippen molar-refractivity contribution in [2.45, 2.75) is 45.4 Å². The average molecular weight is 432 g/mol. The second-order valence-corrected chi connectivity index (χ2v) is 11.4. The Morgan fingerprint density at radius 2 is 1.77 bits per heavy atom. The summed E-state index contributed by atoms with van der Waals surface area (Å²) in [7, 11) is -0.808. The molecule has 1 aliphatic heterocycles. The predicted molar refractivity (Wildman–Crippen MR) is 113 cm³/mol. The van der Waals surface area contributed by atoms with Crippen LogP contribution in [0.3, 0.4) is 0 Å². The molecule has 1 aromatic rings. The molecule has 2 heterocycles. The number of nitrogens with one attached hydrogen (secondary N) is 1. The maximum Gasteiger partial charge on any atom is 0.345 e. The van der Waals surface area contributed by atoms with Crippen LogP contribution in [0.5, 0.6) is 0 Å². The number of allylic oxidation sites excluding steroid dienone is 1. The van der Waals surface area contributed by atoms with Gasteiger partial charge in [0.15, 0.2) is 0 Å². The van der Waals surface area contributed by atoms with Gasteiger partial charge in [-0.2, -0.15) is 13.5 Å². The Kier molecular flexibility index (Phi) is 4.40. The lowest BCUT2D eigenvalue weighted by molar-refractivity contribution is -0.120. The van der Waals surface area contributed by atoms with Crippen LogP contribution in [0.25, 0.3) is 0 Å². The normalized spacial score (nSPS) is 34.0. The Hall–Kier alpha value is -2.16. The van der Waals surface area contributed by atoms with Crippen LogP contribution < -0.4 is 5.32 Å². The van der Waals surface area contributed by atoms with Crippen molar-refractivity contribution in [3.8, 4) is 0 Å². The molecule has 9 heteroatoms. The van der Waals surface area contributed by atoms with Gasteiger partial charge >= 0.3 is 10.2 Å². The minimum Gasteiger partial charge on any atom is -0.350 e. The van der Waals surface area contributed by atoms with Crippen molar-refractivity contribution in [3.63, 3.8) is 0 Å². The van der Waals surface area contributed by atoms with E-state index in [1.54, 1.807) is 24.0 Å². The molecule has 4 fully saturated rings. The number of carbonyl (C=O) groups is 1. The van der Waals surface area contributed by atoms with Gasteiger partial charge in [-0.25, -0.2) is 4.31 Å². The molecule has 5 aliphatic rings. The minimum absolute atomic E-state index is 0.105. The summed E-state index contributed by atoms with van der Waals surface area (Å²) < 4.78 is 31.7. The molecule has 162 valence electrons. The maximum absolute atomic E-state index is 13.1. The van der Waals surface area contributed by atoms with E-state index in [2.05, 4.69) is 14.8 Å². The standard InChI is InChI=1S/C21H29N5O3S/c1-13-17(11-23-25(13)2)18-7-19(26(3)30(28,29)24-18)20(27)22-12-21-8-14-4-15(9-21)6-16(5-14)10-21/h7,11,14-16H,4-6,8-10,12H2,1-3H3,(H,22,27). The van der Waals surface area contributed by atoms with E-state index < -0.39 is 10.2 Å². The lowest BCUT2D eigenvalue weighted by Crippen LogP contribution is -2.52. The first-order valence-corrected chi connectivity index (χ1v) is 12.1. The number of hydrogen-bond acceptors (Lipinski definition) is 4. The van der Waals surface area contributed by atoms with Crippen LogP contribution in [-0.2, 0) is 22.1 Å². The van der Waals surface area contributed by atoms with Crippen LogP contribution >= 0.6 is 0 Å². The summed E-state index contributed by atoms with van der Waals surface area (Å²) >= 11 is 0. The zero-order chi connectivity index (χ0) is 21.3. The third-order valence-corrected chi connectivity index (χ3v) is 9.02. The summed E-state index contributed by atoms with van der Waals surface area (Å²) in [4.78, 5) is 13.1. The zero-order valence-electron chi connectivity index (χ0n) is 17.8. The molecular formula is C21H29N5O3S. The van der Waals surface area contributed by atoms with Crippen molar-refractivity contribution in [2.75, 3.05) is 13.6 Å². The Labute approximate surface area is 177 Å². The molecular weight excluding hydrogens is 402 g/mol. The van der Waals surface area contributed by atoms with Gasteiger partial charge in [0.25, 0.3) is 5.91 Å². The molecule has 4 saturated carbocycles. The van der Waals surface area contributed by atoms with Crippen molar-refractivity contribution < 1.29 is 13.2 Å². The van der Waals surface area contributed by atoms with E-state index in [0.29, 0.717) is 12.1 Å². The van der Waals surface area contributed by atoms with Crippen LogP contribution in [0.15, 0.2) is 22.4 Å². The molecule has 1 N–H and O–H groups in total. The summed E-state index contributed by atoms with van der Waals surface area (Å²) in [5, 5.41) is 7.25. The van der Waals surface area contributed by atoms with Crippen LogP contribution in [0.4, 0.5) is 0 Å². The molecule has 0 saturated heterocycles. The number of carbonyl (C=O) groups excluding carboxylic acids is 1. The molecule has 0 spiro atoms. The summed E-state index contributed by atoms with van der Waals surface area (Å²) in [5.41, 5.74) is 1.94. The topological polar surface area (TPSA) is 96.7 Å². The number of aryl methyl sites for hydroxylation is 1. The van der Waals surface area contributed by atoms with E-state index in [1.807, 2.05) is 6.92 Å². The molecule has 8 nitrogen and oxygen atoms in total. The van der Waals surface area contributed by atoms with Crippen molar-refractivity contribution in [1.82, 2.24) is 19.4 Å². The monoisotopic (exact) mass is 431 g/mol. The van der Waals surface area contributed by atoms with Gasteiger partial charge in [0, 0.05) is 31.9 Å². The first-order valence-electron chi connectivity index (χ1n) is 10.7. The third-order valence-electron chi connectivity index (χ3n) is 7.71. The van der Waals surface area contributed by atoms with Crippen LogP contribution in [-0.4, -0.2) is 47.7 Å². The fourth-order valence-electron chi connectivity index (χ4n) is 6.51. The Morgan fingerprint density at radius 1 is 1.17 bits per heavy atom. The van der Waals surface area contributed by atoms with Gasteiger partial charge in [-0.05, 0) is 74.7 Å². The van der Waals surface area contributed by atoms with Crippen LogP contribution in [0, 0.1) is 30.1 Å². The molecule has 0 unspecified atom stereocenters. The second-order valence-electron chi connectivity index (χ2n) is 9.82. The summed E-state index contributed by atoms with van der Waals surface area (Å²) in [6.45, 7) is 2.47. The fraction of sp³-hybridized carbons (Fsp3) is 0.667. The van der Waals surface area contributed by atoms with Gasteiger partial charge in [-0.1, -0.05) is 0 Å². The Balaban J connectivity index is 1.38. The van der Waals surface area contributed by atoms with E-state index in [4.69, 9.17) is 0 Å². The predicted octanol–water partition coefficient (Wildman–Crippen LogP) is 1.92. The van der Waals surface area contributed by atoms with Crippen molar-refractivity contribution in [1.29, 1.82) is 0 Å². The van der Waals surface area contributed by atoms with E-state index in [0.717, 1.165) is 27.8 Å². The quantitative estimate of drug-likeness (QED) is 0.788. The number of amides is 1. The molecule has 0 atom stereocenters. The van der Waals surface area contributed by atoms with Gasteiger partial charge < -0.3 is 5.32 Å². The smallest absolute Gasteiger partial charge is 0.345 e. The number of hydrogen-bond donors (Lipinski definition) is 1. The van der Waals surface area contributed by atoms with Crippen molar-refractivity contribution in [3.05, 3.63) is 29.2 Å². The highest BCUT2D eigenvalue weighted by atomic mass is 32.2. The van der Waals surface area contributed by atoms with E-state index in [1.165, 1.54) is 45.6 Å². The molecule has 1 amide bonds. The van der Waals surface area contributed by atoms with Gasteiger partial charge in [0.2, 0.25) is 0 Å². The number of nitrogens with zero attached hydrogens (tertiary/aromatic N) is 4. The SMILES string of the molecule is Cc1c(C2=NS(=O)(=O)N(C)C(C(=O)NCC34CC5CC(CC(C5)C3)C4)=C2)cnn1C. The highest BCUT2D eigenvalue weighted by Crippen LogP contribution is 2.59. The molecule has 0 aromatic carbocycles. The number of likely N-dealkylation sites (N-methyl/N-ethyl adjacent to an activating group) is 1. The lowest BCUT2D eigenvalue weighted by Gasteiger charge is -2.56. The summed E-state index contributed by atoms with van der Waals surface area (Å²) in [6, 6.07) is 0. The summed E-state index contributed by atoms with van der Waals surface area (Å²) in [5.74, 6) is 2.05. The van der Waals surface area contributed by atoms with E-state index in [9.17, 15) is 13.2 Å². The van der Waals surface area contributed by atoms with Gasteiger partial charge in [-0.15, -0.1) is 4.40 Å². The largest absolute Gasteiger partial charge is 0.350 e. The first-order chi connectivity index (χ1) is 14.2. The molecule has 4 aliphatic carbocycles. The second kappa shape index (κ2) is 6.67. The number of rotatable bonds is 4. The maximum atomic E-state index is 13.1. The zero-order valence-corrected chi connectivity index (χ0v) is 18.6. The van der Waals surface area contributed by atoms with Crippen LogP contribution in [0.1, 0.15) is 49.8 Å². The summed E-state index contributed by atoms with van der Waals surface area (Å²) in [6.07, 6.45) is 10.8. The minimum atomic E-state index is -3.97. The molecule has 30 heavy (non-hydrogen) atoms. The average Bonchev–Trinajstić information content (AvgIpc) is 3.00. The van der Waals surface area contributed by atoms with Crippen LogP contribution in [0.2, 0.25) is 0 Å². The third kappa shape index (κ3) is 3.18. The van der Waals surface area contributed by atoms with Gasteiger partial charge in [0.1, 0.15) is 5.70 Å². The van der Waals surface area contributed by atoms with E-state index in [-0.39, 0.29) is 22.7 Å². The van der Waals surface area contributed by atoms with E-state index >= 15 is 0 Å². The Morgan fingerprint density at radius 3 is 2.30 bits per heavy atom. The highest BCUT2D eigenvalue weighted by Gasteiger charge is 2.50. The van der Waals surface area contributed by atoms with Gasteiger partial charge in [-0.3, -0.25) is 9.48 Å². The molecule has 1 aromatic heterocycles. The highest BCUT2D eigenvalue weighted by molar-refractivity contribution is 7.88. The number of aromatic nitrogens is 2. The van der Waals surface area contributed by atoms with Gasteiger partial charge in [0.05, 0.1) is 11.9 Å². The lowest BCUT2D eigenvalue weighted by atomic mass is 9.49. The Bertz CT molecular complexity index is 1030. The first kappa shape index (κ1) is 19.8.